The van der Waals surface area contributed by atoms with Gasteiger partial charge in [-0.1, -0.05) is 84.9 Å². The molecular weight excluding hydrogens is 521 g/mol. The van der Waals surface area contributed by atoms with Crippen LogP contribution in [0.2, 0.25) is 0 Å². The summed E-state index contributed by atoms with van der Waals surface area (Å²) in [5.41, 5.74) is 7.67. The van der Waals surface area contributed by atoms with Gasteiger partial charge in [-0.2, -0.15) is 0 Å². The molecule has 0 aliphatic heterocycles. The molecule has 1 aliphatic rings. The Balaban J connectivity index is 1.46. The fourth-order valence-corrected chi connectivity index (χ4v) is 7.38. The lowest BCUT2D eigenvalue weighted by molar-refractivity contribution is 0.0526. The summed E-state index contributed by atoms with van der Waals surface area (Å²) in [6.07, 6.45) is 4.19. The average molecular weight is 551 g/mol. The Morgan fingerprint density at radius 1 is 0.872 bits per heavy atom. The first-order valence-electron chi connectivity index (χ1n) is 13.5. The average Bonchev–Trinajstić information content (AvgIpc) is 3.55. The number of aromatic nitrogens is 1. The largest absolute Gasteiger partial charge is 0.462 e. The fraction of sp³-hybridized carbons (Fsp3) is 0.212. The molecule has 39 heavy (non-hydrogen) atoms. The number of carbonyl (C=O) groups excluding carboxylic acids is 1. The van der Waals surface area contributed by atoms with Crippen LogP contribution in [0, 0.1) is 0 Å². The van der Waals surface area contributed by atoms with Gasteiger partial charge < -0.3 is 9.30 Å². The van der Waals surface area contributed by atoms with Crippen LogP contribution >= 0.6 is 22.7 Å². The van der Waals surface area contributed by atoms with Crippen LogP contribution in [0.25, 0.3) is 22.4 Å². The van der Waals surface area contributed by atoms with Crippen molar-refractivity contribution in [2.45, 2.75) is 39.2 Å². The lowest BCUT2D eigenvalue weighted by Crippen LogP contribution is -2.17. The maximum atomic E-state index is 13.1. The van der Waals surface area contributed by atoms with Crippen LogP contribution in [-0.4, -0.2) is 17.1 Å². The molecule has 2 heterocycles. The first-order chi connectivity index (χ1) is 19.2. The van der Waals surface area contributed by atoms with Crippen molar-refractivity contribution >= 4 is 33.6 Å². The standard InChI is InChI=1S/C33H30N2O2S2/c1-2-37-32(36)30-27-15-9-10-16-29(27)39-31(30)34-33-35(21-23-11-5-3-6-12-23)28(22-38-33)26-19-17-25(18-20-26)24-13-7-4-8-14-24/h3-8,11-14,17-20,22H,2,9-10,15-16,21H2,1H3/b34-33-. The topological polar surface area (TPSA) is 43.6 Å². The third-order valence-corrected chi connectivity index (χ3v) is 9.15. The molecule has 0 saturated heterocycles. The number of rotatable bonds is 7. The number of benzene rings is 3. The van der Waals surface area contributed by atoms with Crippen molar-refractivity contribution < 1.29 is 9.53 Å². The zero-order chi connectivity index (χ0) is 26.6. The van der Waals surface area contributed by atoms with Crippen LogP contribution in [0.3, 0.4) is 0 Å². The lowest BCUT2D eigenvalue weighted by Gasteiger charge is -2.12. The Kier molecular flexibility index (Phi) is 7.57. The molecule has 6 heteroatoms. The molecule has 4 nitrogen and oxygen atoms in total. The molecule has 3 aromatic carbocycles. The zero-order valence-electron chi connectivity index (χ0n) is 21.9. The summed E-state index contributed by atoms with van der Waals surface area (Å²) >= 11 is 3.27. The van der Waals surface area contributed by atoms with E-state index in [1.54, 1.807) is 22.7 Å². The highest BCUT2D eigenvalue weighted by molar-refractivity contribution is 7.16. The summed E-state index contributed by atoms with van der Waals surface area (Å²) in [5.74, 6) is -0.251. The predicted octanol–water partition coefficient (Wildman–Crippen LogP) is 8.28. The van der Waals surface area contributed by atoms with Crippen LogP contribution in [-0.2, 0) is 24.1 Å². The van der Waals surface area contributed by atoms with E-state index in [-0.39, 0.29) is 5.97 Å². The molecule has 0 N–H and O–H groups in total. The summed E-state index contributed by atoms with van der Waals surface area (Å²) in [6.45, 7) is 2.91. The van der Waals surface area contributed by atoms with E-state index in [0.29, 0.717) is 18.7 Å². The van der Waals surface area contributed by atoms with E-state index in [4.69, 9.17) is 9.73 Å². The molecule has 2 aromatic heterocycles. The lowest BCUT2D eigenvalue weighted by atomic mass is 9.95. The first kappa shape index (κ1) is 25.5. The monoisotopic (exact) mass is 550 g/mol. The van der Waals surface area contributed by atoms with E-state index in [1.165, 1.54) is 21.6 Å². The van der Waals surface area contributed by atoms with Gasteiger partial charge in [-0.15, -0.1) is 22.7 Å². The van der Waals surface area contributed by atoms with Crippen molar-refractivity contribution in [1.29, 1.82) is 0 Å². The Labute approximate surface area is 236 Å². The highest BCUT2D eigenvalue weighted by Crippen LogP contribution is 2.40. The molecule has 0 atom stereocenters. The Bertz CT molecular complexity index is 1650. The molecule has 6 rings (SSSR count). The molecule has 0 amide bonds. The summed E-state index contributed by atoms with van der Waals surface area (Å²) in [7, 11) is 0. The zero-order valence-corrected chi connectivity index (χ0v) is 23.6. The minimum Gasteiger partial charge on any atom is -0.462 e. The van der Waals surface area contributed by atoms with Gasteiger partial charge in [0, 0.05) is 10.3 Å². The number of aryl methyl sites for hydroxylation is 1. The molecule has 0 fully saturated rings. The number of thiophene rings is 1. The van der Waals surface area contributed by atoms with E-state index in [1.807, 2.05) is 19.1 Å². The summed E-state index contributed by atoms with van der Waals surface area (Å²) in [4.78, 5) is 20.4. The van der Waals surface area contributed by atoms with Crippen molar-refractivity contribution in [2.24, 2.45) is 4.99 Å². The van der Waals surface area contributed by atoms with Crippen molar-refractivity contribution in [3.8, 4) is 22.4 Å². The maximum Gasteiger partial charge on any atom is 0.341 e. The van der Waals surface area contributed by atoms with E-state index in [0.717, 1.165) is 52.3 Å². The van der Waals surface area contributed by atoms with E-state index in [9.17, 15) is 4.79 Å². The number of ether oxygens (including phenoxy) is 1. The van der Waals surface area contributed by atoms with Gasteiger partial charge in [0.25, 0.3) is 0 Å². The van der Waals surface area contributed by atoms with Gasteiger partial charge in [0.1, 0.15) is 5.00 Å². The molecule has 196 valence electrons. The Morgan fingerprint density at radius 2 is 1.54 bits per heavy atom. The summed E-state index contributed by atoms with van der Waals surface area (Å²) in [5, 5.41) is 2.95. The number of carbonyl (C=O) groups is 1. The molecule has 0 saturated carbocycles. The van der Waals surface area contributed by atoms with Gasteiger partial charge in [0.2, 0.25) is 0 Å². The van der Waals surface area contributed by atoms with Crippen molar-refractivity contribution in [3.63, 3.8) is 0 Å². The van der Waals surface area contributed by atoms with Gasteiger partial charge in [-0.05, 0) is 60.4 Å². The minimum absolute atomic E-state index is 0.251. The Hall–Kier alpha value is -3.74. The predicted molar refractivity (Wildman–Crippen MR) is 161 cm³/mol. The highest BCUT2D eigenvalue weighted by Gasteiger charge is 2.26. The number of hydrogen-bond donors (Lipinski definition) is 0. The van der Waals surface area contributed by atoms with Crippen LogP contribution in [0.5, 0.6) is 0 Å². The highest BCUT2D eigenvalue weighted by atomic mass is 32.1. The van der Waals surface area contributed by atoms with Crippen molar-refractivity contribution in [1.82, 2.24) is 4.57 Å². The molecule has 5 aromatic rings. The smallest absolute Gasteiger partial charge is 0.341 e. The van der Waals surface area contributed by atoms with E-state index in [2.05, 4.69) is 82.7 Å². The SMILES string of the molecule is CCOC(=O)c1c(/N=c2\scc(-c3ccc(-c4ccccc4)cc3)n2Cc2ccccc2)sc2c1CCCC2. The normalized spacial score (nSPS) is 13.3. The molecule has 0 spiro atoms. The number of thiazole rings is 1. The second kappa shape index (κ2) is 11.6. The molecule has 0 bridgehead atoms. The van der Waals surface area contributed by atoms with E-state index >= 15 is 0 Å². The molecule has 0 unspecified atom stereocenters. The molecular formula is C33H30N2O2S2. The number of fused-ring (bicyclic) bond motifs is 1. The van der Waals surface area contributed by atoms with Gasteiger partial charge >= 0.3 is 5.97 Å². The second-order valence-electron chi connectivity index (χ2n) is 9.64. The van der Waals surface area contributed by atoms with Crippen LogP contribution in [0.4, 0.5) is 5.00 Å². The minimum atomic E-state index is -0.251. The van der Waals surface area contributed by atoms with Gasteiger partial charge in [-0.25, -0.2) is 9.79 Å². The van der Waals surface area contributed by atoms with Crippen molar-refractivity contribution in [2.75, 3.05) is 6.61 Å². The van der Waals surface area contributed by atoms with E-state index < -0.39 is 0 Å². The summed E-state index contributed by atoms with van der Waals surface area (Å²) < 4.78 is 7.75. The molecule has 0 radical (unpaired) electrons. The van der Waals surface area contributed by atoms with Crippen LogP contribution in [0.15, 0.2) is 95.3 Å². The Morgan fingerprint density at radius 3 is 2.28 bits per heavy atom. The van der Waals surface area contributed by atoms with Crippen LogP contribution in [0.1, 0.15) is 46.1 Å². The summed E-state index contributed by atoms with van der Waals surface area (Å²) in [6, 6.07) is 29.6. The van der Waals surface area contributed by atoms with Gasteiger partial charge in [0.15, 0.2) is 4.80 Å². The number of esters is 1. The quantitative estimate of drug-likeness (QED) is 0.191. The maximum absolute atomic E-state index is 13.1. The van der Waals surface area contributed by atoms with Crippen LogP contribution < -0.4 is 4.80 Å². The first-order valence-corrected chi connectivity index (χ1v) is 15.2. The number of nitrogens with zero attached hydrogens (tertiary/aromatic N) is 2. The van der Waals surface area contributed by atoms with Gasteiger partial charge in [0.05, 0.1) is 24.4 Å². The third kappa shape index (κ3) is 5.40. The van der Waals surface area contributed by atoms with Crippen molar-refractivity contribution in [3.05, 3.63) is 117 Å². The molecule has 1 aliphatic carbocycles. The van der Waals surface area contributed by atoms with Gasteiger partial charge in [-0.3, -0.25) is 0 Å². The number of hydrogen-bond acceptors (Lipinski definition) is 5. The third-order valence-electron chi connectivity index (χ3n) is 7.10. The second-order valence-corrected chi connectivity index (χ2v) is 11.6. The fourth-order valence-electron chi connectivity index (χ4n) is 5.16.